The summed E-state index contributed by atoms with van der Waals surface area (Å²) in [5.41, 5.74) is 0.883. The van der Waals surface area contributed by atoms with Gasteiger partial charge in [-0.15, -0.1) is 23.1 Å². The molecule has 0 aliphatic rings. The number of thioether (sulfide) groups is 1. The number of hydrogen-bond donors (Lipinski definition) is 2. The van der Waals surface area contributed by atoms with Crippen LogP contribution in [-0.4, -0.2) is 41.4 Å². The summed E-state index contributed by atoms with van der Waals surface area (Å²) in [6.07, 6.45) is 0. The number of aromatic amines is 1. The number of H-pyrrole nitrogens is 1. The van der Waals surface area contributed by atoms with Crippen molar-refractivity contribution in [3.05, 3.63) is 26.6 Å². The molecule has 23 heavy (non-hydrogen) atoms. The molecule has 126 valence electrons. The minimum Gasteiger partial charge on any atom is -0.383 e. The third kappa shape index (κ3) is 4.33. The summed E-state index contributed by atoms with van der Waals surface area (Å²) in [6, 6.07) is 0. The third-order valence-corrected chi connectivity index (χ3v) is 5.79. The number of nitrogens with zero attached hydrogens (tertiary/aromatic N) is 1. The van der Waals surface area contributed by atoms with E-state index in [1.54, 1.807) is 7.11 Å². The van der Waals surface area contributed by atoms with Crippen molar-refractivity contribution in [1.29, 1.82) is 0 Å². The Kier molecular flexibility index (Phi) is 6.20. The Bertz CT molecular complexity index is 754. The quantitative estimate of drug-likeness (QED) is 0.742. The van der Waals surface area contributed by atoms with Crippen LogP contribution in [-0.2, 0) is 15.3 Å². The number of rotatable bonds is 7. The molecule has 2 aromatic heterocycles. The third-order valence-electron chi connectivity index (χ3n) is 3.53. The average molecular weight is 355 g/mol. The number of thiophene rings is 1. The van der Waals surface area contributed by atoms with Crippen LogP contribution in [0.5, 0.6) is 0 Å². The van der Waals surface area contributed by atoms with Gasteiger partial charge < -0.3 is 15.0 Å². The van der Waals surface area contributed by atoms with Crippen molar-refractivity contribution in [3.63, 3.8) is 0 Å². The zero-order valence-corrected chi connectivity index (χ0v) is 15.3. The first-order valence-corrected chi connectivity index (χ1v) is 9.17. The fraction of sp³-hybridized carbons (Fsp3) is 0.533. The molecular formula is C15H21N3O3S2. The van der Waals surface area contributed by atoms with E-state index < -0.39 is 0 Å². The highest BCUT2D eigenvalue weighted by Crippen LogP contribution is 2.26. The molecule has 0 bridgehead atoms. The molecule has 1 amide bonds. The molecule has 2 aromatic rings. The Morgan fingerprint density at radius 1 is 1.48 bits per heavy atom. The fourth-order valence-electron chi connectivity index (χ4n) is 2.07. The number of aryl methyl sites for hydroxylation is 2. The monoisotopic (exact) mass is 355 g/mol. The molecule has 2 N–H and O–H groups in total. The topological polar surface area (TPSA) is 84.1 Å². The summed E-state index contributed by atoms with van der Waals surface area (Å²) in [5.74, 6) is 1.05. The van der Waals surface area contributed by atoms with E-state index in [4.69, 9.17) is 4.74 Å². The number of methoxy groups -OCH3 is 1. The van der Waals surface area contributed by atoms with E-state index in [9.17, 15) is 9.59 Å². The smallest absolute Gasteiger partial charge is 0.259 e. The molecule has 1 atom stereocenters. The first kappa shape index (κ1) is 18.0. The van der Waals surface area contributed by atoms with Gasteiger partial charge in [0, 0.05) is 18.5 Å². The second-order valence-electron chi connectivity index (χ2n) is 5.21. The summed E-state index contributed by atoms with van der Waals surface area (Å²) in [6.45, 7) is 6.75. The van der Waals surface area contributed by atoms with Crippen LogP contribution in [0.25, 0.3) is 10.2 Å². The van der Waals surface area contributed by atoms with Crippen LogP contribution in [0.3, 0.4) is 0 Å². The second-order valence-corrected chi connectivity index (χ2v) is 7.75. The molecular weight excluding hydrogens is 334 g/mol. The molecule has 0 fully saturated rings. The highest BCUT2D eigenvalue weighted by molar-refractivity contribution is 7.99. The first-order valence-electron chi connectivity index (χ1n) is 7.31. The van der Waals surface area contributed by atoms with Crippen LogP contribution in [0, 0.1) is 13.8 Å². The maximum absolute atomic E-state index is 12.2. The van der Waals surface area contributed by atoms with Crippen molar-refractivity contribution in [3.8, 4) is 0 Å². The van der Waals surface area contributed by atoms with Gasteiger partial charge in [0.25, 0.3) is 5.56 Å². The molecule has 0 aliphatic carbocycles. The number of hydrogen-bond acceptors (Lipinski definition) is 6. The largest absolute Gasteiger partial charge is 0.383 e. The Balaban J connectivity index is 2.02. The molecule has 6 nitrogen and oxygen atoms in total. The molecule has 0 aliphatic heterocycles. The lowest BCUT2D eigenvalue weighted by atomic mass is 10.2. The number of amides is 1. The minimum atomic E-state index is -0.223. The van der Waals surface area contributed by atoms with Gasteiger partial charge >= 0.3 is 0 Å². The molecule has 0 spiro atoms. The maximum Gasteiger partial charge on any atom is 0.259 e. The van der Waals surface area contributed by atoms with Crippen LogP contribution in [0.1, 0.15) is 23.2 Å². The van der Waals surface area contributed by atoms with Gasteiger partial charge in [0.1, 0.15) is 10.7 Å². The van der Waals surface area contributed by atoms with Crippen molar-refractivity contribution >= 4 is 39.2 Å². The van der Waals surface area contributed by atoms with E-state index >= 15 is 0 Å². The number of ether oxygens (including phenoxy) is 1. The number of carbonyl (C=O) groups excluding carboxylic acids is 1. The standard InChI is InChI=1S/C15H21N3O3S2/c1-8-9(2)23-15-12(8)14(20)17-11(18-15)7-22-10(3)13(19)16-5-6-21-4/h10H,5-7H2,1-4H3,(H,16,19)(H,17,18,20). The van der Waals surface area contributed by atoms with Gasteiger partial charge in [-0.25, -0.2) is 4.98 Å². The predicted molar refractivity (Wildman–Crippen MR) is 95.4 cm³/mol. The molecule has 0 saturated heterocycles. The van der Waals surface area contributed by atoms with Crippen LogP contribution in [0.2, 0.25) is 0 Å². The van der Waals surface area contributed by atoms with Crippen LogP contribution in [0.15, 0.2) is 4.79 Å². The van der Waals surface area contributed by atoms with Gasteiger partial charge in [0.2, 0.25) is 5.91 Å². The molecule has 2 rings (SSSR count). The lowest BCUT2D eigenvalue weighted by Crippen LogP contribution is -2.33. The SMILES string of the molecule is COCCNC(=O)C(C)SCc1nc2sc(C)c(C)c2c(=O)[nH]1. The van der Waals surface area contributed by atoms with Crippen molar-refractivity contribution in [1.82, 2.24) is 15.3 Å². The van der Waals surface area contributed by atoms with E-state index in [2.05, 4.69) is 15.3 Å². The van der Waals surface area contributed by atoms with Gasteiger partial charge in [-0.1, -0.05) is 0 Å². The Morgan fingerprint density at radius 3 is 2.91 bits per heavy atom. The van der Waals surface area contributed by atoms with Gasteiger partial charge in [-0.05, 0) is 26.3 Å². The van der Waals surface area contributed by atoms with E-state index in [-0.39, 0.29) is 16.7 Å². The predicted octanol–water partition coefficient (Wildman–Crippen LogP) is 1.99. The van der Waals surface area contributed by atoms with Gasteiger partial charge in [0.15, 0.2) is 0 Å². The Morgan fingerprint density at radius 2 is 2.22 bits per heavy atom. The van der Waals surface area contributed by atoms with Crippen molar-refractivity contribution in [2.75, 3.05) is 20.3 Å². The number of nitrogens with one attached hydrogen (secondary N) is 2. The summed E-state index contributed by atoms with van der Waals surface area (Å²) < 4.78 is 4.90. The zero-order chi connectivity index (χ0) is 17.0. The molecule has 2 heterocycles. The van der Waals surface area contributed by atoms with Gasteiger partial charge in [-0.3, -0.25) is 9.59 Å². The van der Waals surface area contributed by atoms with E-state index in [0.717, 1.165) is 15.3 Å². The van der Waals surface area contributed by atoms with Crippen molar-refractivity contribution in [2.45, 2.75) is 31.8 Å². The Labute approximate surface area is 143 Å². The normalized spacial score (nSPS) is 12.5. The van der Waals surface area contributed by atoms with E-state index in [1.165, 1.54) is 23.1 Å². The number of carbonyl (C=O) groups is 1. The summed E-state index contributed by atoms with van der Waals surface area (Å²) in [5, 5.41) is 3.25. The average Bonchev–Trinajstić information content (AvgIpc) is 2.80. The summed E-state index contributed by atoms with van der Waals surface area (Å²) in [4.78, 5) is 33.3. The first-order chi connectivity index (χ1) is 10.9. The van der Waals surface area contributed by atoms with Gasteiger partial charge in [0.05, 0.1) is 23.0 Å². The molecule has 0 radical (unpaired) electrons. The molecule has 0 aromatic carbocycles. The summed E-state index contributed by atoms with van der Waals surface area (Å²) >= 11 is 2.97. The van der Waals surface area contributed by atoms with Gasteiger partial charge in [-0.2, -0.15) is 0 Å². The lowest BCUT2D eigenvalue weighted by molar-refractivity contribution is -0.120. The zero-order valence-electron chi connectivity index (χ0n) is 13.7. The minimum absolute atomic E-state index is 0.0433. The molecule has 1 unspecified atom stereocenters. The molecule has 8 heteroatoms. The second kappa shape index (κ2) is 7.94. The highest BCUT2D eigenvalue weighted by Gasteiger charge is 2.15. The number of fused-ring (bicyclic) bond motifs is 1. The Hall–Kier alpha value is -1.38. The van der Waals surface area contributed by atoms with E-state index in [1.807, 2.05) is 20.8 Å². The van der Waals surface area contributed by atoms with Crippen LogP contribution in [0.4, 0.5) is 0 Å². The number of aromatic nitrogens is 2. The summed E-state index contributed by atoms with van der Waals surface area (Å²) in [7, 11) is 1.59. The van der Waals surface area contributed by atoms with E-state index in [0.29, 0.717) is 30.1 Å². The van der Waals surface area contributed by atoms with Crippen molar-refractivity contribution < 1.29 is 9.53 Å². The lowest BCUT2D eigenvalue weighted by Gasteiger charge is -2.11. The van der Waals surface area contributed by atoms with Crippen molar-refractivity contribution in [2.24, 2.45) is 0 Å². The molecule has 0 saturated carbocycles. The highest BCUT2D eigenvalue weighted by atomic mass is 32.2. The fourth-order valence-corrected chi connectivity index (χ4v) is 3.90. The van der Waals surface area contributed by atoms with Crippen LogP contribution >= 0.6 is 23.1 Å². The maximum atomic E-state index is 12.2. The van der Waals surface area contributed by atoms with Crippen LogP contribution < -0.4 is 10.9 Å².